The summed E-state index contributed by atoms with van der Waals surface area (Å²) >= 11 is 0. The fourth-order valence-corrected chi connectivity index (χ4v) is 3.23. The number of nitrogens with zero attached hydrogens (tertiary/aromatic N) is 1. The van der Waals surface area contributed by atoms with Crippen molar-refractivity contribution < 1.29 is 40.7 Å². The highest BCUT2D eigenvalue weighted by atomic mass is 19.4. The van der Waals surface area contributed by atoms with Crippen LogP contribution in [0.1, 0.15) is 34.3 Å². The van der Waals surface area contributed by atoms with Gasteiger partial charge in [-0.25, -0.2) is 4.79 Å². The van der Waals surface area contributed by atoms with Gasteiger partial charge >= 0.3 is 18.4 Å². The lowest BCUT2D eigenvalue weighted by atomic mass is 9.87. The maximum Gasteiger partial charge on any atom is 0.416 e. The van der Waals surface area contributed by atoms with Gasteiger partial charge in [-0.15, -0.1) is 0 Å². The molecule has 12 heteroatoms. The highest BCUT2D eigenvalue weighted by Crippen LogP contribution is 2.37. The fraction of sp³-hybridized carbons (Fsp3) is 0.438. The minimum atomic E-state index is -5.06. The molecule has 0 radical (unpaired) electrons. The summed E-state index contributed by atoms with van der Waals surface area (Å²) in [6.07, 6.45) is -10.1. The summed E-state index contributed by atoms with van der Waals surface area (Å²) in [6.45, 7) is -0.242. The van der Waals surface area contributed by atoms with E-state index in [9.17, 15) is 40.7 Å². The Hall–Kier alpha value is -2.79. The molecule has 6 nitrogen and oxygen atoms in total. The molecule has 2 aliphatic heterocycles. The van der Waals surface area contributed by atoms with Crippen LogP contribution in [0.2, 0.25) is 0 Å². The summed E-state index contributed by atoms with van der Waals surface area (Å²) in [5.74, 6) is -1.60. The van der Waals surface area contributed by atoms with Crippen molar-refractivity contribution in [3.8, 4) is 0 Å². The van der Waals surface area contributed by atoms with E-state index >= 15 is 0 Å². The second-order valence-corrected chi connectivity index (χ2v) is 6.58. The molecule has 0 aromatic heterocycles. The van der Waals surface area contributed by atoms with E-state index < -0.39 is 52.4 Å². The van der Waals surface area contributed by atoms with E-state index in [4.69, 9.17) is 0 Å². The van der Waals surface area contributed by atoms with Crippen molar-refractivity contribution in [2.45, 2.75) is 30.7 Å². The molecular weight excluding hydrogens is 396 g/mol. The van der Waals surface area contributed by atoms with Gasteiger partial charge in [0, 0.05) is 18.7 Å². The van der Waals surface area contributed by atoms with E-state index in [0.717, 1.165) is 4.90 Å². The number of benzene rings is 1. The van der Waals surface area contributed by atoms with Crippen LogP contribution in [0.15, 0.2) is 18.2 Å². The van der Waals surface area contributed by atoms with Crippen molar-refractivity contribution in [3.05, 3.63) is 34.9 Å². The number of hydrogen-bond donors (Lipinski definition) is 2. The standard InChI is InChI=1S/C16H13F6N3O3/c17-15(18,19)9-5-8(6-10(7-9)16(20,21)22)11(26)25-3-1-14(2-4-25)12(27)23-13(28)24-14/h5-7H,1-4H2,(H2,23,24,27,28). The Bertz CT molecular complexity index is 809. The number of piperidine rings is 1. The molecule has 0 atom stereocenters. The summed E-state index contributed by atoms with van der Waals surface area (Å²) in [6, 6.07) is -0.0178. The van der Waals surface area contributed by atoms with Gasteiger partial charge in [-0.2, -0.15) is 26.3 Å². The van der Waals surface area contributed by atoms with Gasteiger partial charge in [0.2, 0.25) is 0 Å². The van der Waals surface area contributed by atoms with Gasteiger partial charge in [0.05, 0.1) is 11.1 Å². The molecule has 2 heterocycles. The van der Waals surface area contributed by atoms with E-state index in [1.54, 1.807) is 0 Å². The molecule has 2 fully saturated rings. The van der Waals surface area contributed by atoms with E-state index in [-0.39, 0.29) is 32.0 Å². The zero-order chi connectivity index (χ0) is 20.9. The number of hydrogen-bond acceptors (Lipinski definition) is 3. The predicted octanol–water partition coefficient (Wildman–Crippen LogP) is 2.54. The number of carbonyl (C=O) groups is 3. The Balaban J connectivity index is 1.85. The number of carbonyl (C=O) groups excluding carboxylic acids is 3. The summed E-state index contributed by atoms with van der Waals surface area (Å²) in [7, 11) is 0. The van der Waals surface area contributed by atoms with Crippen molar-refractivity contribution in [2.24, 2.45) is 0 Å². The summed E-state index contributed by atoms with van der Waals surface area (Å²) in [5, 5.41) is 4.50. The third-order valence-electron chi connectivity index (χ3n) is 4.75. The van der Waals surface area contributed by atoms with E-state index in [1.807, 2.05) is 0 Å². The number of urea groups is 1. The Labute approximate surface area is 153 Å². The molecule has 2 N–H and O–H groups in total. The van der Waals surface area contributed by atoms with Gasteiger partial charge in [0.15, 0.2) is 0 Å². The van der Waals surface area contributed by atoms with Gasteiger partial charge < -0.3 is 10.2 Å². The fourth-order valence-electron chi connectivity index (χ4n) is 3.23. The Morgan fingerprint density at radius 3 is 1.82 bits per heavy atom. The molecule has 3 rings (SSSR count). The normalized spacial score (nSPS) is 19.6. The van der Waals surface area contributed by atoms with Gasteiger partial charge in [-0.05, 0) is 31.0 Å². The minimum Gasteiger partial charge on any atom is -0.338 e. The third kappa shape index (κ3) is 3.62. The van der Waals surface area contributed by atoms with E-state index in [0.29, 0.717) is 12.1 Å². The summed E-state index contributed by atoms with van der Waals surface area (Å²) in [5.41, 5.74) is -5.14. The first-order valence-electron chi connectivity index (χ1n) is 8.04. The van der Waals surface area contributed by atoms with Crippen LogP contribution in [0.4, 0.5) is 31.1 Å². The quantitative estimate of drug-likeness (QED) is 0.553. The largest absolute Gasteiger partial charge is 0.416 e. The van der Waals surface area contributed by atoms with E-state index in [1.165, 1.54) is 0 Å². The zero-order valence-corrected chi connectivity index (χ0v) is 14.0. The SMILES string of the molecule is O=C1NC(=O)C2(CCN(C(=O)c3cc(C(F)(F)F)cc(C(F)(F)F)c3)CC2)N1. The maximum atomic E-state index is 12.9. The van der Waals surface area contributed by atoms with Crippen molar-refractivity contribution in [3.63, 3.8) is 0 Å². The predicted molar refractivity (Wildman–Crippen MR) is 81.0 cm³/mol. The number of rotatable bonds is 1. The van der Waals surface area contributed by atoms with Crippen LogP contribution in [0.25, 0.3) is 0 Å². The molecule has 0 unspecified atom stereocenters. The lowest BCUT2D eigenvalue weighted by Crippen LogP contribution is -2.55. The summed E-state index contributed by atoms with van der Waals surface area (Å²) < 4.78 is 77.7. The molecule has 1 aromatic rings. The maximum absolute atomic E-state index is 12.9. The topological polar surface area (TPSA) is 78.5 Å². The lowest BCUT2D eigenvalue weighted by Gasteiger charge is -2.37. The van der Waals surface area contributed by atoms with Crippen LogP contribution in [0, 0.1) is 0 Å². The number of imide groups is 1. The smallest absolute Gasteiger partial charge is 0.338 e. The molecule has 152 valence electrons. The highest BCUT2D eigenvalue weighted by Gasteiger charge is 2.48. The Morgan fingerprint density at radius 1 is 0.929 bits per heavy atom. The monoisotopic (exact) mass is 409 g/mol. The first-order valence-corrected chi connectivity index (χ1v) is 8.04. The zero-order valence-electron chi connectivity index (χ0n) is 14.0. The summed E-state index contributed by atoms with van der Waals surface area (Å²) in [4.78, 5) is 36.7. The number of nitrogens with one attached hydrogen (secondary N) is 2. The third-order valence-corrected chi connectivity index (χ3v) is 4.75. The lowest BCUT2D eigenvalue weighted by molar-refractivity contribution is -0.143. The molecule has 1 aromatic carbocycles. The molecule has 1 spiro atoms. The number of alkyl halides is 6. The van der Waals surface area contributed by atoms with Crippen LogP contribution in [0.3, 0.4) is 0 Å². The molecule has 2 saturated heterocycles. The highest BCUT2D eigenvalue weighted by molar-refractivity contribution is 6.07. The van der Waals surface area contributed by atoms with Crippen LogP contribution in [-0.4, -0.2) is 41.4 Å². The van der Waals surface area contributed by atoms with Gasteiger partial charge in [0.1, 0.15) is 5.54 Å². The Morgan fingerprint density at radius 2 is 1.43 bits per heavy atom. The van der Waals surface area contributed by atoms with Crippen LogP contribution in [0.5, 0.6) is 0 Å². The van der Waals surface area contributed by atoms with Crippen molar-refractivity contribution in [2.75, 3.05) is 13.1 Å². The van der Waals surface area contributed by atoms with Crippen LogP contribution >= 0.6 is 0 Å². The van der Waals surface area contributed by atoms with Crippen molar-refractivity contribution >= 4 is 17.8 Å². The molecule has 2 aliphatic rings. The second-order valence-electron chi connectivity index (χ2n) is 6.58. The average Bonchev–Trinajstić information content (AvgIpc) is 2.86. The van der Waals surface area contributed by atoms with Crippen LogP contribution < -0.4 is 10.6 Å². The molecule has 0 aliphatic carbocycles. The molecule has 0 saturated carbocycles. The van der Waals surface area contributed by atoms with Crippen molar-refractivity contribution in [1.29, 1.82) is 0 Å². The molecule has 0 bridgehead atoms. The molecule has 28 heavy (non-hydrogen) atoms. The van der Waals surface area contributed by atoms with Gasteiger partial charge in [-0.1, -0.05) is 0 Å². The van der Waals surface area contributed by atoms with Crippen LogP contribution in [-0.2, 0) is 17.1 Å². The van der Waals surface area contributed by atoms with Gasteiger partial charge in [-0.3, -0.25) is 14.9 Å². The molecule has 4 amide bonds. The first kappa shape index (κ1) is 20.0. The first-order chi connectivity index (χ1) is 12.8. The van der Waals surface area contributed by atoms with Gasteiger partial charge in [0.25, 0.3) is 11.8 Å². The second kappa shape index (κ2) is 6.38. The number of halogens is 6. The van der Waals surface area contributed by atoms with E-state index in [2.05, 4.69) is 10.6 Å². The number of amides is 4. The molecular formula is C16H13F6N3O3. The average molecular weight is 409 g/mol. The number of likely N-dealkylation sites (tertiary alicyclic amines) is 1. The van der Waals surface area contributed by atoms with Crippen molar-refractivity contribution in [1.82, 2.24) is 15.5 Å². The minimum absolute atomic E-state index is 0.0125. The Kier molecular flexibility index (Phi) is 4.55.